The molecule has 1 saturated carbocycles. The first-order valence-electron chi connectivity index (χ1n) is 8.30. The van der Waals surface area contributed by atoms with E-state index in [9.17, 15) is 4.79 Å². The summed E-state index contributed by atoms with van der Waals surface area (Å²) >= 11 is 0. The Bertz CT molecular complexity index is 633. The molecule has 0 aliphatic heterocycles. The van der Waals surface area contributed by atoms with Crippen molar-refractivity contribution in [1.29, 1.82) is 0 Å². The van der Waals surface area contributed by atoms with Crippen LogP contribution in [0.5, 0.6) is 0 Å². The highest BCUT2D eigenvalue weighted by atomic mass is 16.5. The molecule has 0 saturated heterocycles. The third-order valence-electron chi connectivity index (χ3n) is 4.66. The van der Waals surface area contributed by atoms with Crippen LogP contribution < -0.4 is 11.1 Å². The van der Waals surface area contributed by atoms with E-state index in [1.54, 1.807) is 0 Å². The maximum atomic E-state index is 12.6. The summed E-state index contributed by atoms with van der Waals surface area (Å²) in [6, 6.07) is 9.66. The second kappa shape index (κ2) is 7.42. The van der Waals surface area contributed by atoms with Crippen molar-refractivity contribution in [1.82, 2.24) is 10.5 Å². The molecule has 1 aliphatic carbocycles. The molecule has 122 valence electrons. The minimum atomic E-state index is -0.210. The number of aromatic nitrogens is 1. The van der Waals surface area contributed by atoms with Crippen molar-refractivity contribution in [3.63, 3.8) is 0 Å². The Morgan fingerprint density at radius 3 is 2.70 bits per heavy atom. The average Bonchev–Trinajstić information content (AvgIpc) is 3.11. The average molecular weight is 313 g/mol. The van der Waals surface area contributed by atoms with Crippen LogP contribution >= 0.6 is 0 Å². The maximum absolute atomic E-state index is 12.6. The molecule has 5 nitrogen and oxygen atoms in total. The van der Waals surface area contributed by atoms with Gasteiger partial charge in [-0.15, -0.1) is 0 Å². The molecular formula is C18H23N3O2. The van der Waals surface area contributed by atoms with Gasteiger partial charge in [0.25, 0.3) is 5.91 Å². The van der Waals surface area contributed by atoms with Crippen LogP contribution in [0.15, 0.2) is 41.1 Å². The highest BCUT2D eigenvalue weighted by Gasteiger charge is 2.26. The van der Waals surface area contributed by atoms with Crippen molar-refractivity contribution in [3.8, 4) is 11.1 Å². The van der Waals surface area contributed by atoms with Gasteiger partial charge in [-0.25, -0.2) is 0 Å². The molecule has 0 radical (unpaired) electrons. The van der Waals surface area contributed by atoms with Crippen LogP contribution in [-0.4, -0.2) is 23.7 Å². The van der Waals surface area contributed by atoms with Gasteiger partial charge in [0.1, 0.15) is 6.26 Å². The summed E-state index contributed by atoms with van der Waals surface area (Å²) in [5.74, 6) is 0.253. The molecule has 1 atom stereocenters. The Hall–Kier alpha value is -2.14. The smallest absolute Gasteiger partial charge is 0.274 e. The van der Waals surface area contributed by atoms with Gasteiger partial charge in [-0.05, 0) is 24.3 Å². The second-order valence-corrected chi connectivity index (χ2v) is 6.16. The third-order valence-corrected chi connectivity index (χ3v) is 4.66. The van der Waals surface area contributed by atoms with Crippen LogP contribution in [0.3, 0.4) is 0 Å². The van der Waals surface area contributed by atoms with Crippen molar-refractivity contribution >= 4 is 5.91 Å². The fourth-order valence-electron chi connectivity index (χ4n) is 3.37. The zero-order chi connectivity index (χ0) is 16.1. The highest BCUT2D eigenvalue weighted by molar-refractivity contribution is 5.98. The molecule has 1 amide bonds. The predicted octanol–water partition coefficient (Wildman–Crippen LogP) is 2.98. The van der Waals surface area contributed by atoms with Crippen molar-refractivity contribution in [2.75, 3.05) is 6.54 Å². The number of rotatable bonds is 5. The van der Waals surface area contributed by atoms with Gasteiger partial charge in [-0.2, -0.15) is 0 Å². The van der Waals surface area contributed by atoms with Crippen LogP contribution in [0.2, 0.25) is 0 Å². The van der Waals surface area contributed by atoms with E-state index in [1.165, 1.54) is 25.5 Å². The van der Waals surface area contributed by atoms with Crippen molar-refractivity contribution < 1.29 is 9.32 Å². The molecule has 0 unspecified atom stereocenters. The fourth-order valence-corrected chi connectivity index (χ4v) is 3.37. The number of hydrogen-bond acceptors (Lipinski definition) is 4. The minimum absolute atomic E-state index is 0.00289. The van der Waals surface area contributed by atoms with Gasteiger partial charge >= 0.3 is 0 Å². The molecule has 1 aromatic heterocycles. The second-order valence-electron chi connectivity index (χ2n) is 6.16. The Morgan fingerprint density at radius 1 is 1.26 bits per heavy atom. The van der Waals surface area contributed by atoms with Crippen LogP contribution in [-0.2, 0) is 0 Å². The molecule has 1 heterocycles. The molecule has 2 aromatic rings. The lowest BCUT2D eigenvalue weighted by molar-refractivity contribution is 0.0907. The number of nitrogens with two attached hydrogens (primary N) is 1. The van der Waals surface area contributed by atoms with Gasteiger partial charge in [0.15, 0.2) is 5.69 Å². The van der Waals surface area contributed by atoms with Gasteiger partial charge in [-0.3, -0.25) is 4.79 Å². The molecule has 5 heteroatoms. The lowest BCUT2D eigenvalue weighted by atomic mass is 9.84. The quantitative estimate of drug-likeness (QED) is 0.889. The largest absolute Gasteiger partial charge is 0.363 e. The highest BCUT2D eigenvalue weighted by Crippen LogP contribution is 2.27. The Morgan fingerprint density at radius 2 is 2.00 bits per heavy atom. The number of carbonyl (C=O) groups excluding carboxylic acids is 1. The lowest BCUT2D eigenvalue weighted by Crippen LogP contribution is -2.46. The van der Waals surface area contributed by atoms with E-state index in [-0.39, 0.29) is 11.9 Å². The number of benzene rings is 1. The van der Waals surface area contributed by atoms with Crippen molar-refractivity contribution in [2.45, 2.75) is 38.1 Å². The van der Waals surface area contributed by atoms with Gasteiger partial charge in [0, 0.05) is 12.6 Å². The molecule has 3 rings (SSSR count). The van der Waals surface area contributed by atoms with E-state index in [1.807, 2.05) is 30.3 Å². The van der Waals surface area contributed by atoms with Gasteiger partial charge in [0.2, 0.25) is 0 Å². The van der Waals surface area contributed by atoms with E-state index in [2.05, 4.69) is 10.5 Å². The maximum Gasteiger partial charge on any atom is 0.274 e. The molecule has 3 N–H and O–H groups in total. The van der Waals surface area contributed by atoms with Crippen LogP contribution in [0.25, 0.3) is 11.1 Å². The zero-order valence-corrected chi connectivity index (χ0v) is 13.2. The topological polar surface area (TPSA) is 81.1 Å². The fraction of sp³-hybridized carbons (Fsp3) is 0.444. The molecule has 23 heavy (non-hydrogen) atoms. The van der Waals surface area contributed by atoms with E-state index >= 15 is 0 Å². The van der Waals surface area contributed by atoms with E-state index in [0.717, 1.165) is 18.4 Å². The molecule has 0 spiro atoms. The molecule has 0 bridgehead atoms. The summed E-state index contributed by atoms with van der Waals surface area (Å²) in [6.45, 7) is 0.453. The third kappa shape index (κ3) is 3.62. The van der Waals surface area contributed by atoms with Gasteiger partial charge in [0.05, 0.1) is 5.56 Å². The van der Waals surface area contributed by atoms with Gasteiger partial charge < -0.3 is 15.6 Å². The Kier molecular flexibility index (Phi) is 5.08. The summed E-state index contributed by atoms with van der Waals surface area (Å²) in [7, 11) is 0. The first kappa shape index (κ1) is 15.7. The van der Waals surface area contributed by atoms with Crippen LogP contribution in [0.4, 0.5) is 0 Å². The molecular weight excluding hydrogens is 290 g/mol. The number of nitrogens with zero attached hydrogens (tertiary/aromatic N) is 1. The summed E-state index contributed by atoms with van der Waals surface area (Å²) in [6.07, 6.45) is 7.50. The monoisotopic (exact) mass is 313 g/mol. The molecule has 1 aliphatic rings. The minimum Gasteiger partial charge on any atom is -0.363 e. The SMILES string of the molecule is NC[C@H](NC(=O)c1nocc1-c1ccccc1)C1CCCCC1. The van der Waals surface area contributed by atoms with Crippen LogP contribution in [0, 0.1) is 5.92 Å². The first-order valence-corrected chi connectivity index (χ1v) is 8.30. The predicted molar refractivity (Wildman–Crippen MR) is 88.8 cm³/mol. The number of nitrogens with one attached hydrogen (secondary N) is 1. The molecule has 1 aromatic carbocycles. The standard InChI is InChI=1S/C18H23N3O2/c19-11-16(14-9-5-2-6-10-14)20-18(22)17-15(12-23-21-17)13-7-3-1-4-8-13/h1,3-4,7-8,12,14,16H,2,5-6,9-11,19H2,(H,20,22)/t16-/m0/s1. The van der Waals surface area contributed by atoms with E-state index in [0.29, 0.717) is 23.7 Å². The van der Waals surface area contributed by atoms with Crippen molar-refractivity contribution in [3.05, 3.63) is 42.3 Å². The van der Waals surface area contributed by atoms with E-state index < -0.39 is 0 Å². The number of amides is 1. The zero-order valence-electron chi connectivity index (χ0n) is 13.2. The Labute approximate surface area is 136 Å². The number of hydrogen-bond donors (Lipinski definition) is 2. The van der Waals surface area contributed by atoms with E-state index in [4.69, 9.17) is 10.3 Å². The van der Waals surface area contributed by atoms with Crippen molar-refractivity contribution in [2.24, 2.45) is 11.7 Å². The summed E-state index contributed by atoms with van der Waals surface area (Å²) in [5.41, 5.74) is 7.85. The first-order chi connectivity index (χ1) is 11.3. The molecule has 1 fully saturated rings. The van der Waals surface area contributed by atoms with Gasteiger partial charge in [-0.1, -0.05) is 54.8 Å². The lowest BCUT2D eigenvalue weighted by Gasteiger charge is -2.29. The summed E-state index contributed by atoms with van der Waals surface area (Å²) in [5, 5.41) is 6.96. The summed E-state index contributed by atoms with van der Waals surface area (Å²) in [4.78, 5) is 12.6. The Balaban J connectivity index is 1.74. The number of carbonyl (C=O) groups is 1. The van der Waals surface area contributed by atoms with Crippen LogP contribution in [0.1, 0.15) is 42.6 Å². The summed E-state index contributed by atoms with van der Waals surface area (Å²) < 4.78 is 5.04. The normalized spacial score (nSPS) is 16.9.